The van der Waals surface area contributed by atoms with Gasteiger partial charge in [0.15, 0.2) is 0 Å². The van der Waals surface area contributed by atoms with E-state index in [-0.39, 0.29) is 19.1 Å². The van der Waals surface area contributed by atoms with Gasteiger partial charge < -0.3 is 24.0 Å². The third-order valence-corrected chi connectivity index (χ3v) is 4.53. The lowest BCUT2D eigenvalue weighted by Crippen LogP contribution is -2.64. The van der Waals surface area contributed by atoms with E-state index in [1.165, 1.54) is 0 Å². The molecule has 0 bridgehead atoms. The van der Waals surface area contributed by atoms with Crippen LogP contribution in [-0.2, 0) is 19.0 Å². The average Bonchev–Trinajstić information content (AvgIpc) is 2.83. The second-order valence-corrected chi connectivity index (χ2v) is 9.36. The van der Waals surface area contributed by atoms with Crippen LogP contribution in [0.1, 0.15) is 48.5 Å². The Balaban J connectivity index is 2.10. The molecule has 2 saturated heterocycles. The van der Waals surface area contributed by atoms with Gasteiger partial charge in [-0.1, -0.05) is 0 Å². The quantitative estimate of drug-likeness (QED) is 0.537. The van der Waals surface area contributed by atoms with Crippen LogP contribution in [0, 0.1) is 11.3 Å². The van der Waals surface area contributed by atoms with E-state index in [0.29, 0.717) is 19.6 Å². The Kier molecular flexibility index (Phi) is 5.69. The molecular weight excluding hydrogens is 352 g/mol. The SMILES string of the molecule is CCOC(=O)C1CN(C(=O)OC(C)(C)C)CC12CN(C(=O)OC(C)(C)C)C2. The van der Waals surface area contributed by atoms with E-state index in [0.717, 1.165) is 0 Å². The fourth-order valence-electron chi connectivity index (χ4n) is 3.49. The molecule has 0 aromatic heterocycles. The first-order chi connectivity index (χ1) is 12.3. The first-order valence-corrected chi connectivity index (χ1v) is 9.39. The number of likely N-dealkylation sites (tertiary alicyclic amines) is 2. The van der Waals surface area contributed by atoms with E-state index < -0.39 is 34.7 Å². The fourth-order valence-corrected chi connectivity index (χ4v) is 3.49. The van der Waals surface area contributed by atoms with Gasteiger partial charge in [-0.05, 0) is 48.5 Å². The smallest absolute Gasteiger partial charge is 0.410 e. The zero-order chi connectivity index (χ0) is 20.6. The Morgan fingerprint density at radius 3 is 1.78 bits per heavy atom. The Hall–Kier alpha value is -1.99. The largest absolute Gasteiger partial charge is 0.466 e. The normalized spacial score (nSPS) is 21.7. The summed E-state index contributed by atoms with van der Waals surface area (Å²) < 4.78 is 16.0. The molecule has 0 radical (unpaired) electrons. The molecule has 2 amide bonds. The molecule has 1 unspecified atom stereocenters. The van der Waals surface area contributed by atoms with Crippen molar-refractivity contribution in [2.45, 2.75) is 59.7 Å². The van der Waals surface area contributed by atoms with Crippen LogP contribution in [0.3, 0.4) is 0 Å². The highest BCUT2D eigenvalue weighted by molar-refractivity contribution is 5.78. The van der Waals surface area contributed by atoms with Gasteiger partial charge in [0.05, 0.1) is 12.5 Å². The van der Waals surface area contributed by atoms with Crippen molar-refractivity contribution in [3.8, 4) is 0 Å². The van der Waals surface area contributed by atoms with E-state index >= 15 is 0 Å². The van der Waals surface area contributed by atoms with Gasteiger partial charge in [-0.2, -0.15) is 0 Å². The third-order valence-electron chi connectivity index (χ3n) is 4.53. The number of rotatable bonds is 2. The maximum Gasteiger partial charge on any atom is 0.410 e. The molecule has 2 aliphatic heterocycles. The molecule has 0 aromatic rings. The highest BCUT2D eigenvalue weighted by Gasteiger charge is 2.60. The zero-order valence-electron chi connectivity index (χ0n) is 17.5. The van der Waals surface area contributed by atoms with Gasteiger partial charge in [0, 0.05) is 31.6 Å². The van der Waals surface area contributed by atoms with Gasteiger partial charge in [-0.25, -0.2) is 9.59 Å². The van der Waals surface area contributed by atoms with Crippen molar-refractivity contribution >= 4 is 18.2 Å². The summed E-state index contributed by atoms with van der Waals surface area (Å²) in [7, 11) is 0. The molecule has 0 aliphatic carbocycles. The second-order valence-electron chi connectivity index (χ2n) is 9.36. The van der Waals surface area contributed by atoms with Crippen LogP contribution in [0.2, 0.25) is 0 Å². The van der Waals surface area contributed by atoms with Crippen molar-refractivity contribution in [2.75, 3.05) is 32.8 Å². The molecule has 154 valence electrons. The van der Waals surface area contributed by atoms with E-state index in [9.17, 15) is 14.4 Å². The molecule has 2 fully saturated rings. The Morgan fingerprint density at radius 2 is 1.33 bits per heavy atom. The number of esters is 1. The van der Waals surface area contributed by atoms with E-state index in [1.807, 2.05) is 20.8 Å². The lowest BCUT2D eigenvalue weighted by atomic mass is 9.71. The topological polar surface area (TPSA) is 85.4 Å². The summed E-state index contributed by atoms with van der Waals surface area (Å²) in [6, 6.07) is 0. The molecule has 2 rings (SSSR count). The van der Waals surface area contributed by atoms with Crippen LogP contribution in [0.4, 0.5) is 9.59 Å². The highest BCUT2D eigenvalue weighted by Crippen LogP contribution is 2.45. The third kappa shape index (κ3) is 5.05. The molecule has 1 atom stereocenters. The minimum absolute atomic E-state index is 0.232. The Labute approximate surface area is 161 Å². The van der Waals surface area contributed by atoms with Gasteiger partial charge in [0.1, 0.15) is 11.2 Å². The molecule has 0 saturated carbocycles. The monoisotopic (exact) mass is 384 g/mol. The zero-order valence-corrected chi connectivity index (χ0v) is 17.5. The maximum atomic E-state index is 12.5. The molecule has 0 N–H and O–H groups in total. The van der Waals surface area contributed by atoms with Crippen LogP contribution in [0.5, 0.6) is 0 Å². The van der Waals surface area contributed by atoms with Gasteiger partial charge in [0.25, 0.3) is 0 Å². The van der Waals surface area contributed by atoms with Crippen molar-refractivity contribution in [1.82, 2.24) is 9.80 Å². The number of amides is 2. The van der Waals surface area contributed by atoms with E-state index in [4.69, 9.17) is 14.2 Å². The molecule has 27 heavy (non-hydrogen) atoms. The summed E-state index contributed by atoms with van der Waals surface area (Å²) in [6.07, 6.45) is -0.865. The number of carbonyl (C=O) groups excluding carboxylic acids is 3. The summed E-state index contributed by atoms with van der Waals surface area (Å²) in [5.41, 5.74) is -1.72. The first kappa shape index (κ1) is 21.3. The fraction of sp³-hybridized carbons (Fsp3) is 0.842. The van der Waals surface area contributed by atoms with Gasteiger partial charge in [0.2, 0.25) is 0 Å². The number of carbonyl (C=O) groups is 3. The summed E-state index contributed by atoms with van der Waals surface area (Å²) in [5, 5.41) is 0. The number of ether oxygens (including phenoxy) is 3. The van der Waals surface area contributed by atoms with Crippen molar-refractivity contribution in [1.29, 1.82) is 0 Å². The minimum atomic E-state index is -0.617. The average molecular weight is 384 g/mol. The molecule has 8 nitrogen and oxygen atoms in total. The minimum Gasteiger partial charge on any atom is -0.466 e. The van der Waals surface area contributed by atoms with Crippen LogP contribution < -0.4 is 0 Å². The highest BCUT2D eigenvalue weighted by atomic mass is 16.6. The first-order valence-electron chi connectivity index (χ1n) is 9.39. The predicted molar refractivity (Wildman–Crippen MR) is 98.2 cm³/mol. The maximum absolute atomic E-state index is 12.5. The number of hydrogen-bond acceptors (Lipinski definition) is 6. The van der Waals surface area contributed by atoms with Crippen molar-refractivity contribution in [3.63, 3.8) is 0 Å². The van der Waals surface area contributed by atoms with Gasteiger partial charge in [-0.3, -0.25) is 4.79 Å². The molecule has 2 heterocycles. The molecular formula is C19H32N2O6. The lowest BCUT2D eigenvalue weighted by molar-refractivity contribution is -0.155. The van der Waals surface area contributed by atoms with Gasteiger partial charge >= 0.3 is 18.2 Å². The summed E-state index contributed by atoms with van der Waals surface area (Å²) in [6.45, 7) is 14.1. The Morgan fingerprint density at radius 1 is 0.889 bits per heavy atom. The Bertz CT molecular complexity index is 598. The molecule has 2 aliphatic rings. The summed E-state index contributed by atoms with van der Waals surface area (Å²) >= 11 is 0. The van der Waals surface area contributed by atoms with Crippen molar-refractivity contribution in [2.24, 2.45) is 11.3 Å². The second kappa shape index (κ2) is 7.20. The lowest BCUT2D eigenvalue weighted by Gasteiger charge is -2.49. The van der Waals surface area contributed by atoms with E-state index in [1.54, 1.807) is 37.5 Å². The molecule has 1 spiro atoms. The summed E-state index contributed by atoms with van der Waals surface area (Å²) in [4.78, 5) is 40.3. The molecule has 8 heteroatoms. The summed E-state index contributed by atoms with van der Waals surface area (Å²) in [5.74, 6) is -0.823. The number of nitrogens with zero attached hydrogens (tertiary/aromatic N) is 2. The standard InChI is InChI=1S/C19H32N2O6/c1-8-25-14(22)13-9-20(15(23)26-17(2,3)4)10-19(13)11-21(12-19)16(24)27-18(5,6)7/h13H,8-12H2,1-7H3. The van der Waals surface area contributed by atoms with Crippen molar-refractivity contribution in [3.05, 3.63) is 0 Å². The van der Waals surface area contributed by atoms with Crippen LogP contribution >= 0.6 is 0 Å². The van der Waals surface area contributed by atoms with Crippen LogP contribution in [-0.4, -0.2) is 71.9 Å². The van der Waals surface area contributed by atoms with Crippen LogP contribution in [0.25, 0.3) is 0 Å². The molecule has 0 aromatic carbocycles. The number of hydrogen-bond donors (Lipinski definition) is 0. The van der Waals surface area contributed by atoms with Gasteiger partial charge in [-0.15, -0.1) is 0 Å². The van der Waals surface area contributed by atoms with Crippen LogP contribution in [0.15, 0.2) is 0 Å². The predicted octanol–water partition coefficient (Wildman–Crippen LogP) is 2.65. The van der Waals surface area contributed by atoms with E-state index in [2.05, 4.69) is 0 Å². The van der Waals surface area contributed by atoms with Crippen molar-refractivity contribution < 1.29 is 28.6 Å².